The second kappa shape index (κ2) is 6.28. The molecule has 6 heteroatoms. The number of alkyl halides is 3. The van der Waals surface area contributed by atoms with Crippen LogP contribution in [0, 0.1) is 0 Å². The molecule has 0 aliphatic heterocycles. The highest BCUT2D eigenvalue weighted by Crippen LogP contribution is 2.38. The van der Waals surface area contributed by atoms with E-state index in [-0.39, 0.29) is 29.4 Å². The topological polar surface area (TPSA) is 26.0 Å². The van der Waals surface area contributed by atoms with Gasteiger partial charge in [0.05, 0.1) is 5.56 Å². The number of rotatable bonds is 3. The van der Waals surface area contributed by atoms with Crippen molar-refractivity contribution in [2.24, 2.45) is 5.73 Å². The monoisotopic (exact) mass is 285 g/mol. The van der Waals surface area contributed by atoms with Crippen molar-refractivity contribution in [1.82, 2.24) is 0 Å². The quantitative estimate of drug-likeness (QED) is 0.821. The number of hydrogen-bond acceptors (Lipinski definition) is 1. The average molecular weight is 286 g/mol. The molecule has 1 nitrogen and oxygen atoms in total. The molecule has 0 unspecified atom stereocenters. The number of benzene rings is 1. The van der Waals surface area contributed by atoms with Gasteiger partial charge in [-0.15, -0.1) is 19.0 Å². The van der Waals surface area contributed by atoms with Crippen LogP contribution in [0.25, 0.3) is 0 Å². The van der Waals surface area contributed by atoms with Gasteiger partial charge in [-0.25, -0.2) is 0 Å². The minimum atomic E-state index is -4.45. The second-order valence-electron chi connectivity index (χ2n) is 3.33. The Morgan fingerprint density at radius 1 is 1.41 bits per heavy atom. The van der Waals surface area contributed by atoms with E-state index in [0.717, 1.165) is 6.07 Å². The van der Waals surface area contributed by atoms with Crippen molar-refractivity contribution in [2.75, 3.05) is 0 Å². The molecule has 1 aromatic rings. The predicted octanol–water partition coefficient (Wildman–Crippen LogP) is 4.36. The predicted molar refractivity (Wildman–Crippen MR) is 65.4 cm³/mol. The van der Waals surface area contributed by atoms with Crippen molar-refractivity contribution in [3.63, 3.8) is 0 Å². The van der Waals surface area contributed by atoms with Gasteiger partial charge in [-0.3, -0.25) is 0 Å². The van der Waals surface area contributed by atoms with Crippen LogP contribution in [0.1, 0.15) is 23.6 Å². The molecule has 1 atom stereocenters. The summed E-state index contributed by atoms with van der Waals surface area (Å²) >= 11 is 5.75. The number of hydrogen-bond donors (Lipinski definition) is 1. The SMILES string of the molecule is C=CC[C@@H](N)c1c(Cl)cccc1C(F)(F)F.Cl. The maximum Gasteiger partial charge on any atom is 0.416 e. The van der Waals surface area contributed by atoms with Crippen molar-refractivity contribution in [2.45, 2.75) is 18.6 Å². The van der Waals surface area contributed by atoms with Crippen LogP contribution < -0.4 is 5.73 Å². The summed E-state index contributed by atoms with van der Waals surface area (Å²) in [6, 6.07) is 2.84. The Kier molecular flexibility index (Phi) is 6.02. The number of nitrogens with two attached hydrogens (primary N) is 1. The summed E-state index contributed by atoms with van der Waals surface area (Å²) in [5.41, 5.74) is 4.79. The lowest BCUT2D eigenvalue weighted by Gasteiger charge is -2.18. The summed E-state index contributed by atoms with van der Waals surface area (Å²) in [7, 11) is 0. The third kappa shape index (κ3) is 3.91. The Hall–Kier alpha value is -0.710. The van der Waals surface area contributed by atoms with Crippen LogP contribution in [0.4, 0.5) is 13.2 Å². The molecule has 0 amide bonds. The maximum absolute atomic E-state index is 12.7. The van der Waals surface area contributed by atoms with Crippen molar-refractivity contribution in [1.29, 1.82) is 0 Å². The highest BCUT2D eigenvalue weighted by Gasteiger charge is 2.35. The third-order valence-corrected chi connectivity index (χ3v) is 2.48. The first-order valence-corrected chi connectivity index (χ1v) is 4.97. The van der Waals surface area contributed by atoms with Gasteiger partial charge in [-0.1, -0.05) is 23.7 Å². The van der Waals surface area contributed by atoms with Crippen LogP contribution >= 0.6 is 24.0 Å². The minimum Gasteiger partial charge on any atom is -0.324 e. The summed E-state index contributed by atoms with van der Waals surface area (Å²) in [5.74, 6) is 0. The van der Waals surface area contributed by atoms with E-state index in [1.54, 1.807) is 0 Å². The second-order valence-corrected chi connectivity index (χ2v) is 3.74. The van der Waals surface area contributed by atoms with Crippen LogP contribution in [0.5, 0.6) is 0 Å². The van der Waals surface area contributed by atoms with E-state index in [0.29, 0.717) is 0 Å². The average Bonchev–Trinajstić information content (AvgIpc) is 2.16. The molecule has 0 aliphatic carbocycles. The van der Waals surface area contributed by atoms with Gasteiger partial charge in [-0.05, 0) is 24.1 Å². The van der Waals surface area contributed by atoms with Crippen LogP contribution in [0.3, 0.4) is 0 Å². The zero-order chi connectivity index (χ0) is 12.3. The highest BCUT2D eigenvalue weighted by molar-refractivity contribution is 6.31. The summed E-state index contributed by atoms with van der Waals surface area (Å²) in [6.07, 6.45) is -2.74. The van der Waals surface area contributed by atoms with Crippen molar-refractivity contribution in [3.05, 3.63) is 47.0 Å². The lowest BCUT2D eigenvalue weighted by Crippen LogP contribution is -2.17. The van der Waals surface area contributed by atoms with Crippen LogP contribution in [-0.2, 0) is 6.18 Å². The van der Waals surface area contributed by atoms with Gasteiger partial charge < -0.3 is 5.73 Å². The van der Waals surface area contributed by atoms with E-state index >= 15 is 0 Å². The van der Waals surface area contributed by atoms with Gasteiger partial charge in [-0.2, -0.15) is 13.2 Å². The molecule has 0 aromatic heterocycles. The van der Waals surface area contributed by atoms with Gasteiger partial charge in [0.2, 0.25) is 0 Å². The normalized spacial score (nSPS) is 12.8. The van der Waals surface area contributed by atoms with Crippen molar-refractivity contribution in [3.8, 4) is 0 Å². The van der Waals surface area contributed by atoms with E-state index in [4.69, 9.17) is 17.3 Å². The zero-order valence-electron chi connectivity index (χ0n) is 8.80. The molecule has 2 N–H and O–H groups in total. The first kappa shape index (κ1) is 16.3. The first-order valence-electron chi connectivity index (χ1n) is 4.60. The van der Waals surface area contributed by atoms with E-state index in [1.165, 1.54) is 18.2 Å². The molecular weight excluding hydrogens is 274 g/mol. The Morgan fingerprint density at radius 3 is 2.47 bits per heavy atom. The Bertz CT molecular complexity index is 391. The molecule has 1 aromatic carbocycles. The highest BCUT2D eigenvalue weighted by atomic mass is 35.5. The number of halogens is 5. The molecule has 0 fully saturated rings. The summed E-state index contributed by atoms with van der Waals surface area (Å²) in [6.45, 7) is 3.44. The molecule has 0 saturated heterocycles. The van der Waals surface area contributed by atoms with Crippen LogP contribution in [0.2, 0.25) is 5.02 Å². The molecule has 1 rings (SSSR count). The van der Waals surface area contributed by atoms with Gasteiger partial charge in [0.1, 0.15) is 0 Å². The fourth-order valence-corrected chi connectivity index (χ4v) is 1.77. The van der Waals surface area contributed by atoms with Gasteiger partial charge >= 0.3 is 6.18 Å². The van der Waals surface area contributed by atoms with Gasteiger partial charge in [0.25, 0.3) is 0 Å². The molecular formula is C11H12Cl2F3N. The summed E-state index contributed by atoms with van der Waals surface area (Å²) in [4.78, 5) is 0. The molecule has 0 bridgehead atoms. The molecule has 17 heavy (non-hydrogen) atoms. The zero-order valence-corrected chi connectivity index (χ0v) is 10.4. The van der Waals surface area contributed by atoms with Crippen molar-refractivity contribution < 1.29 is 13.2 Å². The van der Waals surface area contributed by atoms with E-state index < -0.39 is 17.8 Å². The summed E-state index contributed by atoms with van der Waals surface area (Å²) < 4.78 is 38.1. The molecule has 0 radical (unpaired) electrons. The standard InChI is InChI=1S/C11H11ClF3N.ClH/c1-2-4-9(16)10-7(11(13,14)15)5-3-6-8(10)12;/h2-3,5-6,9H,1,4,16H2;1H/t9-;/m1./s1. The molecule has 0 aliphatic rings. The van der Waals surface area contributed by atoms with Crippen LogP contribution in [0.15, 0.2) is 30.9 Å². The Labute approximate surface area is 109 Å². The molecule has 0 spiro atoms. The largest absolute Gasteiger partial charge is 0.416 e. The maximum atomic E-state index is 12.7. The van der Waals surface area contributed by atoms with E-state index in [9.17, 15) is 13.2 Å². The molecule has 0 heterocycles. The van der Waals surface area contributed by atoms with Crippen LogP contribution in [-0.4, -0.2) is 0 Å². The fraction of sp³-hybridized carbons (Fsp3) is 0.273. The van der Waals surface area contributed by atoms with Gasteiger partial charge in [0.15, 0.2) is 0 Å². The Balaban J connectivity index is 0.00000256. The van der Waals surface area contributed by atoms with E-state index in [2.05, 4.69) is 6.58 Å². The fourth-order valence-electron chi connectivity index (χ4n) is 1.46. The lowest BCUT2D eigenvalue weighted by atomic mass is 9.98. The van der Waals surface area contributed by atoms with Gasteiger partial charge in [0, 0.05) is 11.1 Å². The lowest BCUT2D eigenvalue weighted by molar-refractivity contribution is -0.138. The first-order chi connectivity index (χ1) is 7.38. The minimum absolute atomic E-state index is 0. The molecule has 96 valence electrons. The smallest absolute Gasteiger partial charge is 0.324 e. The molecule has 0 saturated carbocycles. The Morgan fingerprint density at radius 2 is 2.00 bits per heavy atom. The van der Waals surface area contributed by atoms with Crippen molar-refractivity contribution >= 4 is 24.0 Å². The third-order valence-electron chi connectivity index (χ3n) is 2.15. The van der Waals surface area contributed by atoms with E-state index in [1.807, 2.05) is 0 Å². The summed E-state index contributed by atoms with van der Waals surface area (Å²) in [5, 5.41) is 0.0316.